The predicted molar refractivity (Wildman–Crippen MR) is 47.4 cm³/mol. The molecule has 4 heteroatoms. The molecule has 2 aliphatic carbocycles. The number of aliphatic carboxylic acids is 1. The van der Waals surface area contributed by atoms with Gasteiger partial charge in [-0.1, -0.05) is 0 Å². The molecule has 0 unspecified atom stereocenters. The summed E-state index contributed by atoms with van der Waals surface area (Å²) in [7, 11) is 0. The first-order valence-corrected chi connectivity index (χ1v) is 4.80. The monoisotopic (exact) mass is 210 g/mol. The van der Waals surface area contributed by atoms with Crippen LogP contribution in [0.1, 0.15) is 17.0 Å². The van der Waals surface area contributed by atoms with Crippen LogP contribution < -0.4 is 0 Å². The van der Waals surface area contributed by atoms with Crippen LogP contribution in [0.4, 0.5) is 8.78 Å². The molecule has 0 aromatic heterocycles. The molecule has 1 saturated carbocycles. The third-order valence-corrected chi connectivity index (χ3v) is 3.45. The molecule has 1 N–H and O–H groups in total. The van der Waals surface area contributed by atoms with Crippen molar-refractivity contribution in [2.24, 2.45) is 11.8 Å². The zero-order valence-corrected chi connectivity index (χ0v) is 7.71. The summed E-state index contributed by atoms with van der Waals surface area (Å²) in [6.07, 6.45) is 0.434. The van der Waals surface area contributed by atoms with Crippen LogP contribution in [-0.2, 0) is 11.2 Å². The normalized spacial score (nSPS) is 30.9. The van der Waals surface area contributed by atoms with Crippen LogP contribution in [0.2, 0.25) is 0 Å². The lowest BCUT2D eigenvalue weighted by atomic mass is 10.0. The van der Waals surface area contributed by atoms with Crippen LogP contribution in [0.15, 0.2) is 12.1 Å². The number of benzene rings is 1. The molecule has 0 aliphatic heterocycles. The van der Waals surface area contributed by atoms with Gasteiger partial charge in [-0.2, -0.15) is 0 Å². The zero-order chi connectivity index (χ0) is 10.7. The highest BCUT2D eigenvalue weighted by atomic mass is 19.1. The molecule has 0 radical (unpaired) electrons. The smallest absolute Gasteiger partial charge is 0.307 e. The predicted octanol–water partition coefficient (Wildman–Crippen LogP) is 1.94. The lowest BCUT2D eigenvalue weighted by Crippen LogP contribution is -2.06. The van der Waals surface area contributed by atoms with Crippen LogP contribution >= 0.6 is 0 Å². The van der Waals surface area contributed by atoms with Crippen molar-refractivity contribution in [3.05, 3.63) is 34.9 Å². The number of fused-ring (bicyclic) bond motifs is 3. The summed E-state index contributed by atoms with van der Waals surface area (Å²) >= 11 is 0. The first kappa shape index (κ1) is 8.83. The molecule has 15 heavy (non-hydrogen) atoms. The van der Waals surface area contributed by atoms with Gasteiger partial charge in [-0.15, -0.1) is 0 Å². The third kappa shape index (κ3) is 1.05. The number of carboxylic acid groups (broad SMARTS) is 1. The number of carbonyl (C=O) groups is 1. The van der Waals surface area contributed by atoms with Gasteiger partial charge in [0, 0.05) is 12.0 Å². The van der Waals surface area contributed by atoms with Crippen LogP contribution in [0.25, 0.3) is 0 Å². The van der Waals surface area contributed by atoms with E-state index in [9.17, 15) is 13.6 Å². The molecule has 1 fully saturated rings. The van der Waals surface area contributed by atoms with E-state index in [1.807, 2.05) is 0 Å². The van der Waals surface area contributed by atoms with Gasteiger partial charge in [0.1, 0.15) is 11.6 Å². The van der Waals surface area contributed by atoms with Gasteiger partial charge in [-0.25, -0.2) is 8.78 Å². The van der Waals surface area contributed by atoms with Gasteiger partial charge < -0.3 is 5.11 Å². The van der Waals surface area contributed by atoms with Crippen molar-refractivity contribution in [1.29, 1.82) is 0 Å². The minimum Gasteiger partial charge on any atom is -0.481 e. The highest BCUT2D eigenvalue weighted by Crippen LogP contribution is 2.61. The highest BCUT2D eigenvalue weighted by molar-refractivity contribution is 5.77. The molecule has 0 spiro atoms. The summed E-state index contributed by atoms with van der Waals surface area (Å²) in [5.41, 5.74) is 1.06. The van der Waals surface area contributed by atoms with Crippen molar-refractivity contribution in [2.45, 2.75) is 12.3 Å². The summed E-state index contributed by atoms with van der Waals surface area (Å²) in [4.78, 5) is 10.8. The summed E-state index contributed by atoms with van der Waals surface area (Å²) in [5.74, 6) is -2.64. The molecule has 3 atom stereocenters. The quantitative estimate of drug-likeness (QED) is 0.769. The Balaban J connectivity index is 2.05. The first-order valence-electron chi connectivity index (χ1n) is 4.80. The Morgan fingerprint density at radius 3 is 2.80 bits per heavy atom. The van der Waals surface area contributed by atoms with Crippen molar-refractivity contribution in [1.82, 2.24) is 0 Å². The second-order valence-electron chi connectivity index (χ2n) is 4.21. The fourth-order valence-corrected chi connectivity index (χ4v) is 2.76. The maximum Gasteiger partial charge on any atom is 0.307 e. The third-order valence-electron chi connectivity index (χ3n) is 3.45. The van der Waals surface area contributed by atoms with E-state index in [-0.39, 0.29) is 11.8 Å². The minimum absolute atomic E-state index is 0.0196. The van der Waals surface area contributed by atoms with Gasteiger partial charge in [-0.3, -0.25) is 4.79 Å². The van der Waals surface area contributed by atoms with Crippen molar-refractivity contribution in [2.75, 3.05) is 0 Å². The highest BCUT2D eigenvalue weighted by Gasteiger charge is 2.60. The van der Waals surface area contributed by atoms with Gasteiger partial charge in [0.05, 0.1) is 5.92 Å². The lowest BCUT2D eigenvalue weighted by Gasteiger charge is -2.06. The average molecular weight is 210 g/mol. The van der Waals surface area contributed by atoms with E-state index in [0.717, 1.165) is 6.07 Å². The maximum absolute atomic E-state index is 13.3. The average Bonchev–Trinajstić information content (AvgIpc) is 2.74. The Labute approximate surface area is 84.5 Å². The van der Waals surface area contributed by atoms with E-state index in [0.29, 0.717) is 17.5 Å². The Bertz CT molecular complexity index is 470. The van der Waals surface area contributed by atoms with E-state index in [1.165, 1.54) is 6.07 Å². The lowest BCUT2D eigenvalue weighted by molar-refractivity contribution is -0.139. The number of hydrogen-bond donors (Lipinski definition) is 1. The molecule has 78 valence electrons. The number of carboxylic acids is 1. The Morgan fingerprint density at radius 1 is 1.40 bits per heavy atom. The van der Waals surface area contributed by atoms with Gasteiger partial charge in [0.15, 0.2) is 0 Å². The van der Waals surface area contributed by atoms with E-state index in [2.05, 4.69) is 0 Å². The molecular formula is C11H8F2O2. The molecule has 1 aromatic carbocycles. The van der Waals surface area contributed by atoms with E-state index in [1.54, 1.807) is 0 Å². The summed E-state index contributed by atoms with van der Waals surface area (Å²) in [5, 5.41) is 8.84. The van der Waals surface area contributed by atoms with Crippen LogP contribution in [-0.4, -0.2) is 11.1 Å². The van der Waals surface area contributed by atoms with Crippen LogP contribution in [0, 0.1) is 23.5 Å². The molecule has 0 saturated heterocycles. The van der Waals surface area contributed by atoms with Crippen molar-refractivity contribution in [3.63, 3.8) is 0 Å². The number of hydrogen-bond acceptors (Lipinski definition) is 1. The second kappa shape index (κ2) is 2.56. The molecular weight excluding hydrogens is 202 g/mol. The minimum atomic E-state index is -0.861. The van der Waals surface area contributed by atoms with Crippen molar-refractivity contribution in [3.8, 4) is 0 Å². The Morgan fingerprint density at radius 2 is 2.13 bits per heavy atom. The molecule has 3 rings (SSSR count). The van der Waals surface area contributed by atoms with E-state index in [4.69, 9.17) is 5.11 Å². The first-order chi connectivity index (χ1) is 7.09. The van der Waals surface area contributed by atoms with Gasteiger partial charge in [-0.05, 0) is 29.5 Å². The molecule has 0 heterocycles. The molecule has 0 amide bonds. The zero-order valence-electron chi connectivity index (χ0n) is 7.71. The number of halogens is 2. The van der Waals surface area contributed by atoms with E-state index >= 15 is 0 Å². The van der Waals surface area contributed by atoms with Gasteiger partial charge >= 0.3 is 5.97 Å². The van der Waals surface area contributed by atoms with Crippen LogP contribution in [0.5, 0.6) is 0 Å². The fourth-order valence-electron chi connectivity index (χ4n) is 2.76. The largest absolute Gasteiger partial charge is 0.481 e. The van der Waals surface area contributed by atoms with Gasteiger partial charge in [0.2, 0.25) is 0 Å². The SMILES string of the molecule is O=C(O)[C@@H]1[C@@H]2Cc3c(F)cc(F)cc3[C@H]21. The second-order valence-corrected chi connectivity index (χ2v) is 4.21. The molecule has 2 aliphatic rings. The summed E-state index contributed by atoms with van der Waals surface area (Å²) < 4.78 is 26.2. The van der Waals surface area contributed by atoms with Crippen LogP contribution in [0.3, 0.4) is 0 Å². The van der Waals surface area contributed by atoms with Crippen molar-refractivity contribution < 1.29 is 18.7 Å². The summed E-state index contributed by atoms with van der Waals surface area (Å²) in [6.45, 7) is 0. The van der Waals surface area contributed by atoms with E-state index < -0.39 is 23.5 Å². The topological polar surface area (TPSA) is 37.3 Å². The molecule has 1 aromatic rings. The fraction of sp³-hybridized carbons (Fsp3) is 0.364. The Kier molecular flexibility index (Phi) is 1.51. The molecule has 0 bridgehead atoms. The summed E-state index contributed by atoms with van der Waals surface area (Å²) in [6, 6.07) is 2.13. The maximum atomic E-state index is 13.3. The standard InChI is InChI=1S/C11H8F2O2/c12-4-1-6-5(8(13)2-4)3-7-9(6)10(7)11(14)15/h1-2,7,9-10H,3H2,(H,14,15)/t7-,9-,10-/m1/s1. The van der Waals surface area contributed by atoms with Crippen molar-refractivity contribution >= 4 is 5.97 Å². The Hall–Kier alpha value is -1.45. The van der Waals surface area contributed by atoms with Gasteiger partial charge in [0.25, 0.3) is 0 Å². The molecule has 2 nitrogen and oxygen atoms in total. The number of rotatable bonds is 1.